The number of para-hydroxylation sites is 2. The fraction of sp³-hybridized carbons (Fsp3) is 0.462. The van der Waals surface area contributed by atoms with Crippen LogP contribution >= 0.6 is 12.4 Å². The fourth-order valence-corrected chi connectivity index (χ4v) is 1.82. The molecule has 0 saturated heterocycles. The van der Waals surface area contributed by atoms with Gasteiger partial charge in [0.1, 0.15) is 6.10 Å². The molecule has 1 aliphatic heterocycles. The number of rotatable bonds is 4. The Morgan fingerprint density at radius 3 is 2.47 bits per heavy atom. The van der Waals surface area contributed by atoms with Crippen molar-refractivity contribution in [3.8, 4) is 11.5 Å². The number of hydrogen-bond donors (Lipinski definition) is 2. The molecule has 0 saturated carbocycles. The van der Waals surface area contributed by atoms with Crippen molar-refractivity contribution in [3.05, 3.63) is 24.3 Å². The molecule has 1 heterocycles. The molecule has 1 aliphatic rings. The minimum absolute atomic E-state index is 0. The van der Waals surface area contributed by atoms with Crippen LogP contribution in [0.25, 0.3) is 0 Å². The van der Waals surface area contributed by atoms with E-state index in [2.05, 4.69) is 10.6 Å². The van der Waals surface area contributed by atoms with Crippen LogP contribution in [0.3, 0.4) is 0 Å². The van der Waals surface area contributed by atoms with Crippen LogP contribution in [0.5, 0.6) is 11.5 Å². The lowest BCUT2D eigenvalue weighted by molar-refractivity contribution is -0.133. The van der Waals surface area contributed by atoms with Crippen LogP contribution < -0.4 is 20.1 Å². The SMILES string of the molecule is CNCCNC(=O)C1Oc2ccccc2OC1C.Cl. The highest BCUT2D eigenvalue weighted by atomic mass is 35.5. The molecule has 1 aromatic carbocycles. The monoisotopic (exact) mass is 286 g/mol. The summed E-state index contributed by atoms with van der Waals surface area (Å²) in [5.41, 5.74) is 0. The van der Waals surface area contributed by atoms with Crippen molar-refractivity contribution in [2.45, 2.75) is 19.1 Å². The van der Waals surface area contributed by atoms with E-state index >= 15 is 0 Å². The number of halogens is 1. The van der Waals surface area contributed by atoms with E-state index < -0.39 is 6.10 Å². The Balaban J connectivity index is 0.00000180. The van der Waals surface area contributed by atoms with Crippen molar-refractivity contribution in [3.63, 3.8) is 0 Å². The Morgan fingerprint density at radius 1 is 1.21 bits per heavy atom. The standard InChI is InChI=1S/C13H18N2O3.ClH/c1-9-12(13(16)15-8-7-14-2)18-11-6-4-3-5-10(11)17-9;/h3-6,9,12,14H,7-8H2,1-2H3,(H,15,16);1H. The maximum absolute atomic E-state index is 11.9. The van der Waals surface area contributed by atoms with Gasteiger partial charge in [0.25, 0.3) is 5.91 Å². The molecule has 1 amide bonds. The van der Waals surface area contributed by atoms with Crippen molar-refractivity contribution in [1.29, 1.82) is 0 Å². The molecule has 6 heteroatoms. The van der Waals surface area contributed by atoms with Crippen molar-refractivity contribution < 1.29 is 14.3 Å². The minimum atomic E-state index is -0.600. The first kappa shape index (κ1) is 15.6. The van der Waals surface area contributed by atoms with Gasteiger partial charge in [-0.3, -0.25) is 4.79 Å². The Morgan fingerprint density at radius 2 is 1.84 bits per heavy atom. The molecule has 1 aromatic rings. The maximum Gasteiger partial charge on any atom is 0.265 e. The predicted octanol–water partition coefficient (Wildman–Crippen LogP) is 0.972. The van der Waals surface area contributed by atoms with E-state index in [0.29, 0.717) is 18.0 Å². The Labute approximate surface area is 119 Å². The summed E-state index contributed by atoms with van der Waals surface area (Å²) in [5.74, 6) is 1.15. The van der Waals surface area contributed by atoms with Gasteiger partial charge in [0.2, 0.25) is 6.10 Å². The van der Waals surface area contributed by atoms with E-state index in [-0.39, 0.29) is 24.4 Å². The average Bonchev–Trinajstić information content (AvgIpc) is 2.38. The van der Waals surface area contributed by atoms with Gasteiger partial charge in [0, 0.05) is 13.1 Å². The topological polar surface area (TPSA) is 59.6 Å². The first-order valence-electron chi connectivity index (χ1n) is 6.07. The molecular formula is C13H19ClN2O3. The summed E-state index contributed by atoms with van der Waals surface area (Å²) < 4.78 is 11.3. The third kappa shape index (κ3) is 3.75. The number of amides is 1. The number of benzene rings is 1. The predicted molar refractivity (Wildman–Crippen MR) is 75.1 cm³/mol. The smallest absolute Gasteiger partial charge is 0.265 e. The van der Waals surface area contributed by atoms with E-state index in [4.69, 9.17) is 9.47 Å². The summed E-state index contributed by atoms with van der Waals surface area (Å²) >= 11 is 0. The number of carbonyl (C=O) groups is 1. The number of nitrogens with one attached hydrogen (secondary N) is 2. The first-order chi connectivity index (χ1) is 8.72. The lowest BCUT2D eigenvalue weighted by atomic mass is 10.1. The molecule has 0 bridgehead atoms. The maximum atomic E-state index is 11.9. The van der Waals surface area contributed by atoms with Crippen molar-refractivity contribution >= 4 is 18.3 Å². The molecule has 2 rings (SSSR count). The average molecular weight is 287 g/mol. The van der Waals surface area contributed by atoms with Gasteiger partial charge in [-0.25, -0.2) is 0 Å². The van der Waals surface area contributed by atoms with Crippen LogP contribution in [-0.4, -0.2) is 38.3 Å². The molecular weight excluding hydrogens is 268 g/mol. The van der Waals surface area contributed by atoms with Crippen LogP contribution in [0.15, 0.2) is 24.3 Å². The summed E-state index contributed by atoms with van der Waals surface area (Å²) in [4.78, 5) is 11.9. The Hall–Kier alpha value is -1.46. The van der Waals surface area contributed by atoms with Gasteiger partial charge in [0.15, 0.2) is 11.5 Å². The minimum Gasteiger partial charge on any atom is -0.482 e. The largest absolute Gasteiger partial charge is 0.482 e. The van der Waals surface area contributed by atoms with E-state index in [1.54, 1.807) is 6.07 Å². The second-order valence-corrected chi connectivity index (χ2v) is 4.20. The summed E-state index contributed by atoms with van der Waals surface area (Å²) in [5, 5.41) is 5.77. The zero-order chi connectivity index (χ0) is 13.0. The van der Waals surface area contributed by atoms with Crippen LogP contribution in [-0.2, 0) is 4.79 Å². The van der Waals surface area contributed by atoms with Gasteiger partial charge in [-0.05, 0) is 26.1 Å². The number of hydrogen-bond acceptors (Lipinski definition) is 4. The molecule has 106 valence electrons. The summed E-state index contributed by atoms with van der Waals surface area (Å²) in [7, 11) is 1.84. The molecule has 2 atom stereocenters. The highest BCUT2D eigenvalue weighted by Gasteiger charge is 2.33. The third-order valence-electron chi connectivity index (χ3n) is 2.77. The van der Waals surface area contributed by atoms with Crippen molar-refractivity contribution in [1.82, 2.24) is 10.6 Å². The summed E-state index contributed by atoms with van der Waals surface area (Å²) in [6.45, 7) is 3.13. The van der Waals surface area contributed by atoms with E-state index in [9.17, 15) is 4.79 Å². The molecule has 2 N–H and O–H groups in total. The number of carbonyl (C=O) groups excluding carboxylic acids is 1. The third-order valence-corrected chi connectivity index (χ3v) is 2.77. The van der Waals surface area contributed by atoms with E-state index in [1.807, 2.05) is 32.2 Å². The normalized spacial score (nSPS) is 20.3. The lowest BCUT2D eigenvalue weighted by Gasteiger charge is -2.31. The van der Waals surface area contributed by atoms with Crippen LogP contribution in [0.2, 0.25) is 0 Å². The highest BCUT2D eigenvalue weighted by molar-refractivity contribution is 5.85. The van der Waals surface area contributed by atoms with Crippen LogP contribution in [0.1, 0.15) is 6.92 Å². The lowest BCUT2D eigenvalue weighted by Crippen LogP contribution is -2.49. The Bertz CT molecular complexity index is 428. The molecule has 0 aromatic heterocycles. The van der Waals surface area contributed by atoms with E-state index in [0.717, 1.165) is 6.54 Å². The summed E-state index contributed by atoms with van der Waals surface area (Å²) in [6.07, 6.45) is -0.897. The van der Waals surface area contributed by atoms with Gasteiger partial charge in [-0.15, -0.1) is 12.4 Å². The quantitative estimate of drug-likeness (QED) is 0.810. The van der Waals surface area contributed by atoms with Gasteiger partial charge < -0.3 is 20.1 Å². The molecule has 0 spiro atoms. The summed E-state index contributed by atoms with van der Waals surface area (Å²) in [6, 6.07) is 7.37. The number of ether oxygens (including phenoxy) is 2. The molecule has 0 radical (unpaired) electrons. The van der Waals surface area contributed by atoms with Crippen LogP contribution in [0.4, 0.5) is 0 Å². The molecule has 5 nitrogen and oxygen atoms in total. The molecule has 0 fully saturated rings. The number of likely N-dealkylation sites (N-methyl/N-ethyl adjacent to an activating group) is 1. The Kier molecular flexibility index (Phi) is 5.92. The molecule has 2 unspecified atom stereocenters. The zero-order valence-electron chi connectivity index (χ0n) is 11.0. The molecule has 19 heavy (non-hydrogen) atoms. The molecule has 0 aliphatic carbocycles. The van der Waals surface area contributed by atoms with Gasteiger partial charge >= 0.3 is 0 Å². The van der Waals surface area contributed by atoms with E-state index in [1.165, 1.54) is 0 Å². The highest BCUT2D eigenvalue weighted by Crippen LogP contribution is 2.33. The number of fused-ring (bicyclic) bond motifs is 1. The second-order valence-electron chi connectivity index (χ2n) is 4.20. The zero-order valence-corrected chi connectivity index (χ0v) is 11.8. The van der Waals surface area contributed by atoms with Gasteiger partial charge in [-0.1, -0.05) is 12.1 Å². The van der Waals surface area contributed by atoms with Gasteiger partial charge in [-0.2, -0.15) is 0 Å². The van der Waals surface area contributed by atoms with Crippen molar-refractivity contribution in [2.75, 3.05) is 20.1 Å². The first-order valence-corrected chi connectivity index (χ1v) is 6.07. The van der Waals surface area contributed by atoms with Crippen LogP contribution in [0, 0.1) is 0 Å². The van der Waals surface area contributed by atoms with Gasteiger partial charge in [0.05, 0.1) is 0 Å². The fourth-order valence-electron chi connectivity index (χ4n) is 1.82. The second kappa shape index (κ2) is 7.21. The van der Waals surface area contributed by atoms with Crippen molar-refractivity contribution in [2.24, 2.45) is 0 Å².